The molecule has 0 saturated heterocycles. The van der Waals surface area contributed by atoms with Crippen LogP contribution in [-0.4, -0.2) is 30.4 Å². The molecule has 9 nitrogen and oxygen atoms in total. The number of carbonyl (C=O) groups is 1. The number of nitro groups is 1. The average Bonchev–Trinajstić information content (AvgIpc) is 3.12. The van der Waals surface area contributed by atoms with Gasteiger partial charge >= 0.3 is 5.82 Å². The topological polar surface area (TPSA) is 108 Å². The first-order valence-corrected chi connectivity index (χ1v) is 11.2. The molecule has 4 saturated carbocycles. The molecule has 4 bridgehead atoms. The highest BCUT2D eigenvalue weighted by molar-refractivity contribution is 6.33. The number of nitrogens with one attached hydrogen (secondary N) is 1. The maximum atomic E-state index is 13.0. The van der Waals surface area contributed by atoms with Crippen LogP contribution in [0.15, 0.2) is 6.20 Å². The van der Waals surface area contributed by atoms with E-state index in [0.29, 0.717) is 24.0 Å². The fourth-order valence-corrected chi connectivity index (χ4v) is 7.35. The van der Waals surface area contributed by atoms with E-state index in [9.17, 15) is 14.9 Å². The van der Waals surface area contributed by atoms with Crippen LogP contribution in [0.1, 0.15) is 56.3 Å². The zero-order chi connectivity index (χ0) is 22.1. The summed E-state index contributed by atoms with van der Waals surface area (Å²) in [5.74, 6) is 0.759. The molecule has 2 atom stereocenters. The van der Waals surface area contributed by atoms with Crippen LogP contribution in [0.4, 0.5) is 11.5 Å². The summed E-state index contributed by atoms with van der Waals surface area (Å²) < 4.78 is 3.53. The normalized spacial score (nSPS) is 31.2. The Balaban J connectivity index is 1.44. The molecule has 0 aliphatic heterocycles. The Hall–Kier alpha value is -2.42. The molecule has 0 radical (unpaired) electrons. The van der Waals surface area contributed by atoms with Gasteiger partial charge in [-0.25, -0.2) is 0 Å². The SMILES string of the molecule is Cc1nn(C)cc1NC(=O)CC12CC3CC(C1)CC(n1nc([N+](=O)[O-])c(Cl)c1C)(C3)C2. The molecule has 0 spiro atoms. The van der Waals surface area contributed by atoms with Gasteiger partial charge in [0, 0.05) is 19.7 Å². The van der Waals surface area contributed by atoms with Crippen molar-refractivity contribution >= 4 is 29.0 Å². The van der Waals surface area contributed by atoms with E-state index >= 15 is 0 Å². The van der Waals surface area contributed by atoms with E-state index in [1.54, 1.807) is 4.68 Å². The van der Waals surface area contributed by atoms with Gasteiger partial charge < -0.3 is 15.4 Å². The standard InChI is InChI=1S/C21H27ClN6O3/c1-12-16(10-26(3)24-12)23-17(29)9-20-5-14-4-15(6-20)8-21(7-14,11-20)27-13(2)18(22)19(25-27)28(30)31/h10,14-15H,4-9,11H2,1-3H3,(H,23,29). The van der Waals surface area contributed by atoms with E-state index in [0.717, 1.165) is 43.5 Å². The van der Waals surface area contributed by atoms with Crippen LogP contribution >= 0.6 is 11.6 Å². The van der Waals surface area contributed by atoms with E-state index < -0.39 is 4.92 Å². The van der Waals surface area contributed by atoms with E-state index in [4.69, 9.17) is 11.6 Å². The van der Waals surface area contributed by atoms with Crippen LogP contribution in [0.2, 0.25) is 5.02 Å². The summed E-state index contributed by atoms with van der Waals surface area (Å²) in [5.41, 5.74) is 1.80. The lowest BCUT2D eigenvalue weighted by Gasteiger charge is -2.61. The van der Waals surface area contributed by atoms with Gasteiger partial charge in [-0.3, -0.25) is 9.48 Å². The van der Waals surface area contributed by atoms with Crippen LogP contribution in [0, 0.1) is 41.2 Å². The lowest BCUT2D eigenvalue weighted by Crippen LogP contribution is -2.57. The second-order valence-electron chi connectivity index (χ2n) is 10.1. The highest BCUT2D eigenvalue weighted by Crippen LogP contribution is 2.65. The Labute approximate surface area is 185 Å². The lowest BCUT2D eigenvalue weighted by molar-refractivity contribution is -0.389. The Morgan fingerprint density at radius 2 is 1.97 bits per heavy atom. The van der Waals surface area contributed by atoms with Gasteiger partial charge in [-0.05, 0) is 74.5 Å². The first kappa shape index (κ1) is 20.5. The third-order valence-corrected chi connectivity index (χ3v) is 8.07. The molecule has 0 aromatic carbocycles. The monoisotopic (exact) mass is 446 g/mol. The minimum atomic E-state index is -0.508. The van der Waals surface area contributed by atoms with Crippen molar-refractivity contribution in [2.24, 2.45) is 24.3 Å². The molecule has 4 aliphatic carbocycles. The predicted molar refractivity (Wildman–Crippen MR) is 115 cm³/mol. The van der Waals surface area contributed by atoms with Crippen molar-refractivity contribution < 1.29 is 9.72 Å². The van der Waals surface area contributed by atoms with Crippen molar-refractivity contribution in [3.8, 4) is 0 Å². The molecule has 2 aromatic rings. The van der Waals surface area contributed by atoms with Crippen molar-refractivity contribution in [2.45, 2.75) is 64.3 Å². The van der Waals surface area contributed by atoms with Crippen molar-refractivity contribution in [1.29, 1.82) is 0 Å². The molecule has 1 N–H and O–H groups in total. The smallest absolute Gasteiger partial charge is 0.358 e. The van der Waals surface area contributed by atoms with Crippen LogP contribution in [0.25, 0.3) is 0 Å². The van der Waals surface area contributed by atoms with Gasteiger partial charge in [-0.15, -0.1) is 0 Å². The summed E-state index contributed by atoms with van der Waals surface area (Å²) in [6.07, 6.45) is 8.21. The first-order valence-electron chi connectivity index (χ1n) is 10.8. The molecule has 1 amide bonds. The number of aryl methyl sites for hydroxylation is 2. The Morgan fingerprint density at radius 3 is 2.52 bits per heavy atom. The number of aromatic nitrogens is 4. The van der Waals surface area contributed by atoms with Crippen LogP contribution < -0.4 is 5.32 Å². The molecule has 4 aliphatic rings. The fraction of sp³-hybridized carbons (Fsp3) is 0.667. The molecular formula is C21H27ClN6O3. The zero-order valence-corrected chi connectivity index (χ0v) is 18.8. The minimum Gasteiger partial charge on any atom is -0.358 e. The quantitative estimate of drug-likeness (QED) is 0.549. The predicted octanol–water partition coefficient (Wildman–Crippen LogP) is 4.12. The van der Waals surface area contributed by atoms with Crippen molar-refractivity contribution in [1.82, 2.24) is 19.6 Å². The number of amides is 1. The van der Waals surface area contributed by atoms with Crippen LogP contribution in [0.5, 0.6) is 0 Å². The summed E-state index contributed by atoms with van der Waals surface area (Å²) >= 11 is 6.28. The second kappa shape index (κ2) is 6.79. The lowest BCUT2D eigenvalue weighted by atomic mass is 9.46. The maximum absolute atomic E-state index is 13.0. The zero-order valence-electron chi connectivity index (χ0n) is 18.0. The fourth-order valence-electron chi connectivity index (χ4n) is 7.16. The molecule has 2 heterocycles. The number of anilines is 1. The van der Waals surface area contributed by atoms with Crippen molar-refractivity contribution in [3.05, 3.63) is 32.7 Å². The number of nitrogens with zero attached hydrogens (tertiary/aromatic N) is 5. The van der Waals surface area contributed by atoms with Gasteiger partial charge in [-0.2, -0.15) is 9.78 Å². The van der Waals surface area contributed by atoms with Gasteiger partial charge in [0.05, 0.1) is 27.7 Å². The molecule has 4 fully saturated rings. The highest BCUT2D eigenvalue weighted by Gasteiger charge is 2.60. The number of rotatable bonds is 5. The van der Waals surface area contributed by atoms with Gasteiger partial charge in [0.25, 0.3) is 0 Å². The maximum Gasteiger partial charge on any atom is 0.408 e. The minimum absolute atomic E-state index is 0.00870. The number of carbonyl (C=O) groups excluding carboxylic acids is 1. The van der Waals surface area contributed by atoms with Gasteiger partial charge in [0.15, 0.2) is 5.02 Å². The Kier molecular flexibility index (Phi) is 4.48. The second-order valence-corrected chi connectivity index (χ2v) is 10.5. The average molecular weight is 447 g/mol. The van der Waals surface area contributed by atoms with Crippen molar-refractivity contribution in [2.75, 3.05) is 5.32 Å². The highest BCUT2D eigenvalue weighted by atomic mass is 35.5. The first-order chi connectivity index (χ1) is 14.6. The van der Waals surface area contributed by atoms with E-state index in [1.807, 2.05) is 31.8 Å². The number of hydrogen-bond acceptors (Lipinski definition) is 5. The molecule has 6 rings (SSSR count). The number of hydrogen-bond donors (Lipinski definition) is 1. The molecule has 2 unspecified atom stereocenters. The molecular weight excluding hydrogens is 420 g/mol. The summed E-state index contributed by atoms with van der Waals surface area (Å²) in [5, 5.41) is 23.2. The summed E-state index contributed by atoms with van der Waals surface area (Å²) in [6.45, 7) is 3.69. The summed E-state index contributed by atoms with van der Waals surface area (Å²) in [4.78, 5) is 23.9. The largest absolute Gasteiger partial charge is 0.408 e. The number of halogens is 1. The van der Waals surface area contributed by atoms with Crippen molar-refractivity contribution in [3.63, 3.8) is 0 Å². The summed E-state index contributed by atoms with van der Waals surface area (Å²) in [7, 11) is 1.84. The van der Waals surface area contributed by atoms with Crippen LogP contribution in [-0.2, 0) is 17.4 Å². The Bertz CT molecular complexity index is 1080. The molecule has 10 heteroatoms. The van der Waals surface area contributed by atoms with Gasteiger partial charge in [0.2, 0.25) is 5.91 Å². The van der Waals surface area contributed by atoms with Gasteiger partial charge in [0.1, 0.15) is 0 Å². The van der Waals surface area contributed by atoms with E-state index in [-0.39, 0.29) is 27.7 Å². The third kappa shape index (κ3) is 3.24. The third-order valence-electron chi connectivity index (χ3n) is 7.62. The van der Waals surface area contributed by atoms with Crippen LogP contribution in [0.3, 0.4) is 0 Å². The molecule has 31 heavy (non-hydrogen) atoms. The van der Waals surface area contributed by atoms with E-state index in [1.165, 1.54) is 6.42 Å². The molecule has 2 aromatic heterocycles. The molecule has 166 valence electrons. The Morgan fingerprint density at radius 1 is 1.29 bits per heavy atom. The van der Waals surface area contributed by atoms with E-state index in [2.05, 4.69) is 15.5 Å². The van der Waals surface area contributed by atoms with Gasteiger partial charge in [-0.1, -0.05) is 11.6 Å². The summed E-state index contributed by atoms with van der Waals surface area (Å²) in [6, 6.07) is 0.